The summed E-state index contributed by atoms with van der Waals surface area (Å²) in [6.45, 7) is 6.29. The van der Waals surface area contributed by atoms with Crippen molar-refractivity contribution in [2.45, 2.75) is 31.3 Å². The van der Waals surface area contributed by atoms with Crippen LogP contribution in [0.3, 0.4) is 0 Å². The van der Waals surface area contributed by atoms with E-state index >= 15 is 0 Å². The first kappa shape index (κ1) is 18.9. The van der Waals surface area contributed by atoms with E-state index in [1.807, 2.05) is 18.2 Å². The van der Waals surface area contributed by atoms with Crippen molar-refractivity contribution in [2.75, 3.05) is 23.9 Å². The minimum atomic E-state index is -0.352. The minimum Gasteiger partial charge on any atom is -0.495 e. The van der Waals surface area contributed by atoms with E-state index in [9.17, 15) is 9.59 Å². The van der Waals surface area contributed by atoms with Crippen LogP contribution in [0.25, 0.3) is 0 Å². The zero-order valence-electron chi connectivity index (χ0n) is 14.7. The summed E-state index contributed by atoms with van der Waals surface area (Å²) in [7, 11) is 1.55. The third-order valence-corrected chi connectivity index (χ3v) is 4.29. The summed E-state index contributed by atoms with van der Waals surface area (Å²) in [6.07, 6.45) is 0. The number of carbonyl (C=O) groups excluding carboxylic acids is 1. The molecule has 0 aliphatic rings. The fourth-order valence-electron chi connectivity index (χ4n) is 2.11. The van der Waals surface area contributed by atoms with Gasteiger partial charge in [-0.1, -0.05) is 38.6 Å². The summed E-state index contributed by atoms with van der Waals surface area (Å²) >= 11 is 1.10. The molecule has 0 bridgehead atoms. The lowest BCUT2D eigenvalue weighted by atomic mass is 9.87. The van der Waals surface area contributed by atoms with E-state index in [1.165, 1.54) is 6.07 Å². The highest BCUT2D eigenvalue weighted by molar-refractivity contribution is 7.99. The second-order valence-electron chi connectivity index (χ2n) is 6.48. The molecule has 0 spiro atoms. The predicted octanol–water partition coefficient (Wildman–Crippen LogP) is 2.39. The number of methoxy groups -OCH3 is 1. The summed E-state index contributed by atoms with van der Waals surface area (Å²) < 4.78 is 5.31. The first-order chi connectivity index (χ1) is 11.7. The third-order valence-electron chi connectivity index (χ3n) is 3.42. The Balaban J connectivity index is 2.10. The monoisotopic (exact) mass is 362 g/mol. The number of aromatic amines is 1. The number of carbonyl (C=O) groups is 1. The van der Waals surface area contributed by atoms with E-state index in [0.717, 1.165) is 17.3 Å². The molecule has 2 rings (SSSR count). The molecule has 1 heterocycles. The smallest absolute Gasteiger partial charge is 0.253 e. The van der Waals surface area contributed by atoms with Gasteiger partial charge in [0.1, 0.15) is 11.6 Å². The van der Waals surface area contributed by atoms with Crippen molar-refractivity contribution in [2.24, 2.45) is 0 Å². The zero-order chi connectivity index (χ0) is 18.6. The van der Waals surface area contributed by atoms with Crippen LogP contribution >= 0.6 is 11.8 Å². The van der Waals surface area contributed by atoms with Gasteiger partial charge in [-0.05, 0) is 23.1 Å². The number of hydrogen-bond acceptors (Lipinski definition) is 6. The van der Waals surface area contributed by atoms with Gasteiger partial charge in [0.25, 0.3) is 5.56 Å². The number of thioether (sulfide) groups is 1. The molecule has 7 nitrogen and oxygen atoms in total. The molecule has 0 unspecified atom stereocenters. The second-order valence-corrected chi connectivity index (χ2v) is 7.44. The number of aromatic nitrogens is 2. The van der Waals surface area contributed by atoms with Gasteiger partial charge in [0.05, 0.1) is 18.6 Å². The molecule has 1 aromatic carbocycles. The fourth-order valence-corrected chi connectivity index (χ4v) is 2.80. The molecule has 0 radical (unpaired) electrons. The summed E-state index contributed by atoms with van der Waals surface area (Å²) in [5, 5.41) is 3.14. The normalized spacial score (nSPS) is 11.2. The number of rotatable bonds is 5. The molecular weight excluding hydrogens is 340 g/mol. The Hall–Kier alpha value is -2.48. The Morgan fingerprint density at radius 2 is 2.08 bits per heavy atom. The van der Waals surface area contributed by atoms with E-state index < -0.39 is 0 Å². The maximum Gasteiger partial charge on any atom is 0.253 e. The molecule has 134 valence electrons. The van der Waals surface area contributed by atoms with Crippen molar-refractivity contribution in [3.63, 3.8) is 0 Å². The molecule has 0 aliphatic heterocycles. The summed E-state index contributed by atoms with van der Waals surface area (Å²) in [5.74, 6) is 0.544. The van der Waals surface area contributed by atoms with Crippen LogP contribution in [-0.2, 0) is 10.2 Å². The maximum atomic E-state index is 12.2. The van der Waals surface area contributed by atoms with Crippen LogP contribution < -0.4 is 21.3 Å². The van der Waals surface area contributed by atoms with Crippen molar-refractivity contribution in [3.8, 4) is 5.75 Å². The molecule has 0 atom stereocenters. The van der Waals surface area contributed by atoms with Crippen LogP contribution in [0.4, 0.5) is 11.5 Å². The van der Waals surface area contributed by atoms with Crippen molar-refractivity contribution in [3.05, 3.63) is 40.2 Å². The predicted molar refractivity (Wildman–Crippen MR) is 100 cm³/mol. The molecule has 0 fully saturated rings. The molecule has 1 aromatic heterocycles. The number of hydrogen-bond donors (Lipinski definition) is 3. The van der Waals surface area contributed by atoms with Crippen LogP contribution in [0.1, 0.15) is 26.3 Å². The quantitative estimate of drug-likeness (QED) is 0.556. The van der Waals surface area contributed by atoms with Crippen LogP contribution in [0.15, 0.2) is 34.2 Å². The van der Waals surface area contributed by atoms with Crippen molar-refractivity contribution in [1.82, 2.24) is 9.97 Å². The Morgan fingerprint density at radius 3 is 2.68 bits per heavy atom. The topological polar surface area (TPSA) is 110 Å². The molecule has 2 aromatic rings. The van der Waals surface area contributed by atoms with E-state index in [4.69, 9.17) is 10.5 Å². The van der Waals surface area contributed by atoms with Crippen LogP contribution in [-0.4, -0.2) is 28.7 Å². The van der Waals surface area contributed by atoms with Crippen LogP contribution in [0.2, 0.25) is 0 Å². The second kappa shape index (κ2) is 7.60. The van der Waals surface area contributed by atoms with Gasteiger partial charge in [0.2, 0.25) is 5.91 Å². The van der Waals surface area contributed by atoms with Gasteiger partial charge in [0.15, 0.2) is 5.16 Å². The highest BCUT2D eigenvalue weighted by Gasteiger charge is 2.17. The lowest BCUT2D eigenvalue weighted by molar-refractivity contribution is -0.113. The first-order valence-corrected chi connectivity index (χ1v) is 8.65. The SMILES string of the molecule is COc1ccc(C(C)(C)C)cc1NC(=O)CSc1nc(N)cc(=O)[nH]1. The number of nitrogens with two attached hydrogens (primary N) is 1. The van der Waals surface area contributed by atoms with Gasteiger partial charge < -0.3 is 20.8 Å². The molecule has 4 N–H and O–H groups in total. The largest absolute Gasteiger partial charge is 0.495 e. The first-order valence-electron chi connectivity index (χ1n) is 7.67. The summed E-state index contributed by atoms with van der Waals surface area (Å²) in [5.41, 5.74) is 6.81. The highest BCUT2D eigenvalue weighted by Crippen LogP contribution is 2.31. The fraction of sp³-hybridized carbons (Fsp3) is 0.353. The molecule has 0 saturated heterocycles. The van der Waals surface area contributed by atoms with Crippen molar-refractivity contribution < 1.29 is 9.53 Å². The average molecular weight is 362 g/mol. The molecule has 25 heavy (non-hydrogen) atoms. The zero-order valence-corrected chi connectivity index (χ0v) is 15.5. The number of ether oxygens (including phenoxy) is 1. The number of benzene rings is 1. The maximum absolute atomic E-state index is 12.2. The summed E-state index contributed by atoms with van der Waals surface area (Å²) in [4.78, 5) is 30.1. The minimum absolute atomic E-state index is 0.0501. The van der Waals surface area contributed by atoms with Gasteiger partial charge in [-0.2, -0.15) is 0 Å². The Kier molecular flexibility index (Phi) is 5.73. The van der Waals surface area contributed by atoms with Crippen LogP contribution in [0.5, 0.6) is 5.75 Å². The molecule has 0 saturated carbocycles. The average Bonchev–Trinajstić information content (AvgIpc) is 2.51. The Labute approximate surface area is 150 Å². The Bertz CT molecular complexity index is 827. The lowest BCUT2D eigenvalue weighted by Crippen LogP contribution is -2.17. The lowest BCUT2D eigenvalue weighted by Gasteiger charge is -2.21. The number of anilines is 2. The highest BCUT2D eigenvalue weighted by atomic mass is 32.2. The van der Waals surface area contributed by atoms with Gasteiger partial charge in [-0.25, -0.2) is 4.98 Å². The molecule has 1 amide bonds. The standard InChI is InChI=1S/C17H22N4O3S/c1-17(2,3)10-5-6-12(24-4)11(7-10)19-15(23)9-25-16-20-13(18)8-14(22)21-16/h5-8H,9H2,1-4H3,(H,19,23)(H3,18,20,21,22). The van der Waals surface area contributed by atoms with Gasteiger partial charge in [-0.15, -0.1) is 0 Å². The number of nitrogens with zero attached hydrogens (tertiary/aromatic N) is 1. The number of H-pyrrole nitrogens is 1. The van der Waals surface area contributed by atoms with Gasteiger partial charge >= 0.3 is 0 Å². The van der Waals surface area contributed by atoms with Crippen molar-refractivity contribution >= 4 is 29.2 Å². The molecule has 0 aliphatic carbocycles. The number of nitrogens with one attached hydrogen (secondary N) is 2. The Morgan fingerprint density at radius 1 is 1.36 bits per heavy atom. The molecule has 8 heteroatoms. The van der Waals surface area contributed by atoms with Crippen molar-refractivity contribution in [1.29, 1.82) is 0 Å². The van der Waals surface area contributed by atoms with Crippen LogP contribution in [0, 0.1) is 0 Å². The third kappa shape index (κ3) is 5.25. The van der Waals surface area contributed by atoms with E-state index in [2.05, 4.69) is 36.1 Å². The van der Waals surface area contributed by atoms with E-state index in [-0.39, 0.29) is 28.5 Å². The van der Waals surface area contributed by atoms with Gasteiger partial charge in [-0.3, -0.25) is 9.59 Å². The van der Waals surface area contributed by atoms with Gasteiger partial charge in [0, 0.05) is 6.07 Å². The van der Waals surface area contributed by atoms with E-state index in [0.29, 0.717) is 16.6 Å². The number of nitrogen functional groups attached to an aromatic ring is 1. The molecular formula is C17H22N4O3S. The summed E-state index contributed by atoms with van der Waals surface area (Å²) in [6, 6.07) is 6.90. The van der Waals surface area contributed by atoms with E-state index in [1.54, 1.807) is 7.11 Å². The number of amides is 1.